The quantitative estimate of drug-likeness (QED) is 0.583. The molecular formula is C8H14N2O3S. The number of aliphatic carboxylic acids is 1. The zero-order valence-electron chi connectivity index (χ0n) is 7.95. The molecule has 14 heavy (non-hydrogen) atoms. The number of carbonyl (C=O) groups excluding carboxylic acids is 1. The SMILES string of the molecule is CC(NC(=O)C1CSCCN1)C(=O)O. The average molecular weight is 218 g/mol. The molecule has 1 rings (SSSR count). The van der Waals surface area contributed by atoms with Crippen LogP contribution in [0.25, 0.3) is 0 Å². The van der Waals surface area contributed by atoms with Crippen LogP contribution in [0.3, 0.4) is 0 Å². The Balaban J connectivity index is 2.36. The molecular weight excluding hydrogens is 204 g/mol. The molecule has 1 fully saturated rings. The molecule has 0 aliphatic carbocycles. The Labute approximate surface area is 86.6 Å². The van der Waals surface area contributed by atoms with Gasteiger partial charge in [0.2, 0.25) is 5.91 Å². The number of hydrogen-bond acceptors (Lipinski definition) is 4. The number of carboxylic acid groups (broad SMARTS) is 1. The Morgan fingerprint density at radius 2 is 2.36 bits per heavy atom. The molecule has 2 atom stereocenters. The molecule has 0 saturated carbocycles. The van der Waals surface area contributed by atoms with E-state index in [1.807, 2.05) is 0 Å². The second kappa shape index (κ2) is 5.21. The van der Waals surface area contributed by atoms with Gasteiger partial charge >= 0.3 is 5.97 Å². The number of thioether (sulfide) groups is 1. The molecule has 5 nitrogen and oxygen atoms in total. The zero-order chi connectivity index (χ0) is 10.6. The first-order valence-corrected chi connectivity index (χ1v) is 5.61. The lowest BCUT2D eigenvalue weighted by Crippen LogP contribution is -2.52. The average Bonchev–Trinajstić information content (AvgIpc) is 2.19. The first-order valence-electron chi connectivity index (χ1n) is 4.45. The van der Waals surface area contributed by atoms with Crippen molar-refractivity contribution >= 4 is 23.6 Å². The van der Waals surface area contributed by atoms with Gasteiger partial charge < -0.3 is 15.7 Å². The minimum absolute atomic E-state index is 0.230. The smallest absolute Gasteiger partial charge is 0.325 e. The maximum atomic E-state index is 11.5. The van der Waals surface area contributed by atoms with Gasteiger partial charge in [0, 0.05) is 18.1 Å². The highest BCUT2D eigenvalue weighted by Crippen LogP contribution is 2.07. The van der Waals surface area contributed by atoms with Crippen molar-refractivity contribution in [2.75, 3.05) is 18.1 Å². The third-order valence-electron chi connectivity index (χ3n) is 1.97. The van der Waals surface area contributed by atoms with E-state index < -0.39 is 12.0 Å². The third kappa shape index (κ3) is 3.19. The fourth-order valence-electron chi connectivity index (χ4n) is 1.11. The molecule has 3 N–H and O–H groups in total. The van der Waals surface area contributed by atoms with Gasteiger partial charge in [-0.05, 0) is 6.92 Å². The summed E-state index contributed by atoms with van der Waals surface area (Å²) in [5.74, 6) is 0.463. The molecule has 0 radical (unpaired) electrons. The Hall–Kier alpha value is -0.750. The monoisotopic (exact) mass is 218 g/mol. The molecule has 0 aromatic carbocycles. The van der Waals surface area contributed by atoms with Gasteiger partial charge in [0.25, 0.3) is 0 Å². The number of amides is 1. The summed E-state index contributed by atoms with van der Waals surface area (Å²) in [5, 5.41) is 14.1. The van der Waals surface area contributed by atoms with E-state index in [-0.39, 0.29) is 11.9 Å². The van der Waals surface area contributed by atoms with Crippen LogP contribution in [0.15, 0.2) is 0 Å². The summed E-state index contributed by atoms with van der Waals surface area (Å²) in [7, 11) is 0. The van der Waals surface area contributed by atoms with Crippen LogP contribution in [0.5, 0.6) is 0 Å². The van der Waals surface area contributed by atoms with Gasteiger partial charge in [-0.25, -0.2) is 0 Å². The molecule has 1 saturated heterocycles. The van der Waals surface area contributed by atoms with Crippen LogP contribution in [0.4, 0.5) is 0 Å². The van der Waals surface area contributed by atoms with E-state index in [4.69, 9.17) is 5.11 Å². The van der Waals surface area contributed by atoms with Crippen LogP contribution in [0, 0.1) is 0 Å². The largest absolute Gasteiger partial charge is 0.480 e. The molecule has 1 amide bonds. The number of carboxylic acids is 1. The summed E-state index contributed by atoms with van der Waals surface area (Å²) >= 11 is 1.70. The first-order chi connectivity index (χ1) is 6.61. The molecule has 0 aromatic heterocycles. The van der Waals surface area contributed by atoms with E-state index in [0.717, 1.165) is 12.3 Å². The predicted octanol–water partition coefficient (Wildman–Crippen LogP) is -0.719. The number of nitrogens with one attached hydrogen (secondary N) is 2. The van der Waals surface area contributed by atoms with Crippen molar-refractivity contribution in [1.82, 2.24) is 10.6 Å². The van der Waals surface area contributed by atoms with Crippen molar-refractivity contribution < 1.29 is 14.7 Å². The highest BCUT2D eigenvalue weighted by atomic mass is 32.2. The van der Waals surface area contributed by atoms with Gasteiger partial charge in [0.05, 0.1) is 6.04 Å². The standard InChI is InChI=1S/C8H14N2O3S/c1-5(8(12)13)10-7(11)6-4-14-3-2-9-6/h5-6,9H,2-4H2,1H3,(H,10,11)(H,12,13). The van der Waals surface area contributed by atoms with Crippen LogP contribution in [0.1, 0.15) is 6.92 Å². The third-order valence-corrected chi connectivity index (χ3v) is 3.03. The van der Waals surface area contributed by atoms with Crippen LogP contribution >= 0.6 is 11.8 Å². The minimum atomic E-state index is -1.01. The topological polar surface area (TPSA) is 78.4 Å². The highest BCUT2D eigenvalue weighted by Gasteiger charge is 2.23. The van der Waals surface area contributed by atoms with E-state index in [1.165, 1.54) is 6.92 Å². The molecule has 80 valence electrons. The van der Waals surface area contributed by atoms with E-state index in [9.17, 15) is 9.59 Å². The summed E-state index contributed by atoms with van der Waals surface area (Å²) in [5.41, 5.74) is 0. The van der Waals surface area contributed by atoms with Gasteiger partial charge in [-0.15, -0.1) is 0 Å². The van der Waals surface area contributed by atoms with Crippen molar-refractivity contribution in [2.45, 2.75) is 19.0 Å². The summed E-state index contributed by atoms with van der Waals surface area (Å²) < 4.78 is 0. The molecule has 0 spiro atoms. The number of carbonyl (C=O) groups is 2. The molecule has 1 aliphatic heterocycles. The second-order valence-electron chi connectivity index (χ2n) is 3.15. The van der Waals surface area contributed by atoms with Crippen molar-refractivity contribution in [2.24, 2.45) is 0 Å². The molecule has 0 aromatic rings. The van der Waals surface area contributed by atoms with E-state index in [0.29, 0.717) is 5.75 Å². The fraction of sp³-hybridized carbons (Fsp3) is 0.750. The minimum Gasteiger partial charge on any atom is -0.480 e. The van der Waals surface area contributed by atoms with E-state index in [1.54, 1.807) is 11.8 Å². The summed E-state index contributed by atoms with van der Waals surface area (Å²) in [4.78, 5) is 21.9. The van der Waals surface area contributed by atoms with Gasteiger partial charge in [-0.2, -0.15) is 11.8 Å². The summed E-state index contributed by atoms with van der Waals surface area (Å²) in [6.07, 6.45) is 0. The maximum absolute atomic E-state index is 11.5. The lowest BCUT2D eigenvalue weighted by Gasteiger charge is -2.23. The predicted molar refractivity (Wildman–Crippen MR) is 54.4 cm³/mol. The molecule has 0 bridgehead atoms. The normalized spacial score (nSPS) is 23.9. The van der Waals surface area contributed by atoms with E-state index >= 15 is 0 Å². The van der Waals surface area contributed by atoms with Gasteiger partial charge in [-0.1, -0.05) is 0 Å². The van der Waals surface area contributed by atoms with Crippen LogP contribution in [-0.4, -0.2) is 47.1 Å². The maximum Gasteiger partial charge on any atom is 0.325 e. The van der Waals surface area contributed by atoms with Crippen molar-refractivity contribution in [3.05, 3.63) is 0 Å². The zero-order valence-corrected chi connectivity index (χ0v) is 8.76. The Morgan fingerprint density at radius 3 is 2.86 bits per heavy atom. The van der Waals surface area contributed by atoms with E-state index in [2.05, 4.69) is 10.6 Å². The van der Waals surface area contributed by atoms with Crippen molar-refractivity contribution in [3.8, 4) is 0 Å². The fourth-order valence-corrected chi connectivity index (χ4v) is 2.04. The number of rotatable bonds is 3. The molecule has 1 heterocycles. The molecule has 2 unspecified atom stereocenters. The van der Waals surface area contributed by atoms with Crippen molar-refractivity contribution in [1.29, 1.82) is 0 Å². The summed E-state index contributed by atoms with van der Waals surface area (Å²) in [6.45, 7) is 2.25. The second-order valence-corrected chi connectivity index (χ2v) is 4.30. The van der Waals surface area contributed by atoms with Crippen LogP contribution in [0.2, 0.25) is 0 Å². The van der Waals surface area contributed by atoms with Gasteiger partial charge in [0.15, 0.2) is 0 Å². The first kappa shape index (κ1) is 11.3. The highest BCUT2D eigenvalue weighted by molar-refractivity contribution is 7.99. The number of hydrogen-bond donors (Lipinski definition) is 3. The van der Waals surface area contributed by atoms with Gasteiger partial charge in [-0.3, -0.25) is 9.59 Å². The van der Waals surface area contributed by atoms with Gasteiger partial charge in [0.1, 0.15) is 6.04 Å². The molecule has 6 heteroatoms. The lowest BCUT2D eigenvalue weighted by molar-refractivity contribution is -0.141. The van der Waals surface area contributed by atoms with Crippen LogP contribution in [-0.2, 0) is 9.59 Å². The van der Waals surface area contributed by atoms with Crippen LogP contribution < -0.4 is 10.6 Å². The Morgan fingerprint density at radius 1 is 1.64 bits per heavy atom. The molecule has 1 aliphatic rings. The van der Waals surface area contributed by atoms with Crippen molar-refractivity contribution in [3.63, 3.8) is 0 Å². The Bertz CT molecular complexity index is 229. The summed E-state index contributed by atoms with van der Waals surface area (Å²) in [6, 6.07) is -1.08. The Kier molecular flexibility index (Phi) is 4.21. The lowest BCUT2D eigenvalue weighted by atomic mass is 10.2.